The van der Waals surface area contributed by atoms with Gasteiger partial charge in [-0.2, -0.15) is 0 Å². The van der Waals surface area contributed by atoms with Crippen LogP contribution in [0.1, 0.15) is 23.2 Å². The Kier molecular flexibility index (Phi) is 2.64. The Labute approximate surface area is 93.9 Å². The van der Waals surface area contributed by atoms with Crippen LogP contribution in [0.5, 0.6) is 0 Å². The molecule has 0 bridgehead atoms. The van der Waals surface area contributed by atoms with Crippen molar-refractivity contribution in [2.75, 3.05) is 13.6 Å². The van der Waals surface area contributed by atoms with Crippen molar-refractivity contribution in [3.63, 3.8) is 0 Å². The molecule has 1 aromatic carbocycles. The third-order valence-electron chi connectivity index (χ3n) is 2.56. The molecule has 0 aliphatic heterocycles. The molecule has 0 fully saturated rings. The number of oxazole rings is 1. The summed E-state index contributed by atoms with van der Waals surface area (Å²) in [6, 6.07) is 5.31. The highest BCUT2D eigenvalue weighted by atomic mass is 16.3. The zero-order chi connectivity index (χ0) is 11.7. The molecule has 0 N–H and O–H groups in total. The first-order valence-electron chi connectivity index (χ1n) is 5.24. The molecule has 0 saturated carbocycles. The molecule has 4 nitrogen and oxygen atoms in total. The number of hydrogen-bond acceptors (Lipinski definition) is 3. The predicted molar refractivity (Wildman–Crippen MR) is 61.4 cm³/mol. The maximum Gasteiger partial charge on any atom is 0.253 e. The lowest BCUT2D eigenvalue weighted by atomic mass is 10.2. The highest BCUT2D eigenvalue weighted by Gasteiger charge is 2.12. The van der Waals surface area contributed by atoms with Crippen LogP contribution in [0, 0.1) is 6.92 Å². The van der Waals surface area contributed by atoms with Gasteiger partial charge in [0.05, 0.1) is 0 Å². The molecule has 1 aromatic heterocycles. The van der Waals surface area contributed by atoms with Gasteiger partial charge < -0.3 is 9.32 Å². The highest BCUT2D eigenvalue weighted by molar-refractivity contribution is 5.96. The van der Waals surface area contributed by atoms with Crippen molar-refractivity contribution < 1.29 is 9.21 Å². The maximum absolute atomic E-state index is 11.9. The second-order valence-corrected chi connectivity index (χ2v) is 3.73. The first-order chi connectivity index (χ1) is 7.61. The van der Waals surface area contributed by atoms with Crippen LogP contribution in [0.3, 0.4) is 0 Å². The summed E-state index contributed by atoms with van der Waals surface area (Å²) in [6.07, 6.45) is 0. The van der Waals surface area contributed by atoms with E-state index < -0.39 is 0 Å². The van der Waals surface area contributed by atoms with E-state index in [0.29, 0.717) is 23.6 Å². The van der Waals surface area contributed by atoms with Crippen LogP contribution in [0.4, 0.5) is 0 Å². The van der Waals surface area contributed by atoms with E-state index in [4.69, 9.17) is 4.42 Å². The number of fused-ring (bicyclic) bond motifs is 1. The second-order valence-electron chi connectivity index (χ2n) is 3.73. The molecule has 0 radical (unpaired) electrons. The quantitative estimate of drug-likeness (QED) is 0.776. The van der Waals surface area contributed by atoms with Crippen molar-refractivity contribution in [1.82, 2.24) is 9.88 Å². The first kappa shape index (κ1) is 10.7. The van der Waals surface area contributed by atoms with E-state index in [1.165, 1.54) is 0 Å². The van der Waals surface area contributed by atoms with Crippen molar-refractivity contribution in [3.8, 4) is 0 Å². The van der Waals surface area contributed by atoms with E-state index >= 15 is 0 Å². The normalized spacial score (nSPS) is 10.7. The molecule has 0 atom stereocenters. The van der Waals surface area contributed by atoms with Crippen molar-refractivity contribution in [2.45, 2.75) is 13.8 Å². The SMILES string of the molecule is CCN(C)C(=O)c1ccc2oc(C)nc2c1. The average Bonchev–Trinajstić information content (AvgIpc) is 2.65. The summed E-state index contributed by atoms with van der Waals surface area (Å²) >= 11 is 0. The number of aromatic nitrogens is 1. The monoisotopic (exact) mass is 218 g/mol. The summed E-state index contributed by atoms with van der Waals surface area (Å²) < 4.78 is 5.35. The van der Waals surface area contributed by atoms with Gasteiger partial charge in [-0.15, -0.1) is 0 Å². The Morgan fingerprint density at radius 1 is 1.50 bits per heavy atom. The number of benzene rings is 1. The summed E-state index contributed by atoms with van der Waals surface area (Å²) in [7, 11) is 1.78. The summed E-state index contributed by atoms with van der Waals surface area (Å²) in [4.78, 5) is 17.8. The smallest absolute Gasteiger partial charge is 0.253 e. The molecular formula is C12H14N2O2. The van der Waals surface area contributed by atoms with Gasteiger partial charge in [0.1, 0.15) is 5.52 Å². The topological polar surface area (TPSA) is 46.3 Å². The van der Waals surface area contributed by atoms with Crippen LogP contribution in [0.15, 0.2) is 22.6 Å². The van der Waals surface area contributed by atoms with E-state index in [-0.39, 0.29) is 5.91 Å². The fourth-order valence-corrected chi connectivity index (χ4v) is 1.54. The summed E-state index contributed by atoms with van der Waals surface area (Å²) in [5, 5.41) is 0. The molecule has 1 heterocycles. The molecule has 0 saturated heterocycles. The van der Waals surface area contributed by atoms with Gasteiger partial charge in [0.25, 0.3) is 5.91 Å². The molecule has 1 amide bonds. The van der Waals surface area contributed by atoms with Gasteiger partial charge in [0, 0.05) is 26.1 Å². The minimum absolute atomic E-state index is 0.00468. The minimum atomic E-state index is 0.00468. The zero-order valence-corrected chi connectivity index (χ0v) is 9.65. The lowest BCUT2D eigenvalue weighted by molar-refractivity contribution is 0.0802. The Bertz CT molecular complexity index is 531. The minimum Gasteiger partial charge on any atom is -0.441 e. The fourth-order valence-electron chi connectivity index (χ4n) is 1.54. The molecule has 16 heavy (non-hydrogen) atoms. The molecule has 0 spiro atoms. The molecule has 2 rings (SSSR count). The lowest BCUT2D eigenvalue weighted by Crippen LogP contribution is -2.26. The first-order valence-corrected chi connectivity index (χ1v) is 5.24. The summed E-state index contributed by atoms with van der Waals surface area (Å²) in [6.45, 7) is 4.42. The Hall–Kier alpha value is -1.84. The molecule has 0 aliphatic carbocycles. The Balaban J connectivity index is 2.42. The largest absolute Gasteiger partial charge is 0.441 e. The third kappa shape index (κ3) is 1.78. The van der Waals surface area contributed by atoms with Crippen molar-refractivity contribution in [2.24, 2.45) is 0 Å². The van der Waals surface area contributed by atoms with Crippen molar-refractivity contribution in [1.29, 1.82) is 0 Å². The molecule has 0 unspecified atom stereocenters. The van der Waals surface area contributed by atoms with Gasteiger partial charge in [-0.25, -0.2) is 4.98 Å². The van der Waals surface area contributed by atoms with E-state index in [2.05, 4.69) is 4.98 Å². The molecule has 4 heteroatoms. The number of nitrogens with zero attached hydrogens (tertiary/aromatic N) is 2. The third-order valence-corrected chi connectivity index (χ3v) is 2.56. The van der Waals surface area contributed by atoms with Gasteiger partial charge in [-0.05, 0) is 25.1 Å². The number of hydrogen-bond donors (Lipinski definition) is 0. The van der Waals surface area contributed by atoms with Gasteiger partial charge >= 0.3 is 0 Å². The van der Waals surface area contributed by atoms with E-state index in [0.717, 1.165) is 5.52 Å². The van der Waals surface area contributed by atoms with E-state index in [9.17, 15) is 4.79 Å². The van der Waals surface area contributed by atoms with Crippen molar-refractivity contribution in [3.05, 3.63) is 29.7 Å². The molecule has 84 valence electrons. The van der Waals surface area contributed by atoms with Gasteiger partial charge in [0.2, 0.25) is 0 Å². The van der Waals surface area contributed by atoms with Crippen LogP contribution >= 0.6 is 0 Å². The number of amides is 1. The predicted octanol–water partition coefficient (Wildman–Crippen LogP) is 2.23. The average molecular weight is 218 g/mol. The van der Waals surface area contributed by atoms with Gasteiger partial charge in [0.15, 0.2) is 11.5 Å². The number of carbonyl (C=O) groups excluding carboxylic acids is 1. The molecular weight excluding hydrogens is 204 g/mol. The molecule has 2 aromatic rings. The highest BCUT2D eigenvalue weighted by Crippen LogP contribution is 2.17. The lowest BCUT2D eigenvalue weighted by Gasteiger charge is -2.13. The molecule has 0 aliphatic rings. The van der Waals surface area contributed by atoms with Crippen LogP contribution in [0.2, 0.25) is 0 Å². The van der Waals surface area contributed by atoms with Crippen LogP contribution in [0.25, 0.3) is 11.1 Å². The van der Waals surface area contributed by atoms with Crippen LogP contribution in [-0.4, -0.2) is 29.4 Å². The Morgan fingerprint density at radius 2 is 2.25 bits per heavy atom. The van der Waals surface area contributed by atoms with Crippen LogP contribution in [-0.2, 0) is 0 Å². The standard InChI is InChI=1S/C12H14N2O2/c1-4-14(3)12(15)9-5-6-11-10(7-9)13-8(2)16-11/h5-7H,4H2,1-3H3. The van der Waals surface area contributed by atoms with Crippen molar-refractivity contribution >= 4 is 17.0 Å². The number of rotatable bonds is 2. The van der Waals surface area contributed by atoms with Crippen LogP contribution < -0.4 is 0 Å². The summed E-state index contributed by atoms with van der Waals surface area (Å²) in [5.74, 6) is 0.619. The number of aryl methyl sites for hydroxylation is 1. The Morgan fingerprint density at radius 3 is 2.94 bits per heavy atom. The van der Waals surface area contributed by atoms with Gasteiger partial charge in [-0.1, -0.05) is 0 Å². The number of carbonyl (C=O) groups is 1. The fraction of sp³-hybridized carbons (Fsp3) is 0.333. The maximum atomic E-state index is 11.9. The second kappa shape index (κ2) is 3.96. The van der Waals surface area contributed by atoms with E-state index in [1.54, 1.807) is 37.1 Å². The zero-order valence-electron chi connectivity index (χ0n) is 9.65. The van der Waals surface area contributed by atoms with E-state index in [1.807, 2.05) is 6.92 Å². The summed E-state index contributed by atoms with van der Waals surface area (Å²) in [5.41, 5.74) is 2.09. The van der Waals surface area contributed by atoms with Gasteiger partial charge in [-0.3, -0.25) is 4.79 Å².